The third-order valence-corrected chi connectivity index (χ3v) is 4.53. The summed E-state index contributed by atoms with van der Waals surface area (Å²) in [4.78, 5) is 14.5. The Morgan fingerprint density at radius 2 is 2.25 bits per heavy atom. The molecule has 0 aliphatic rings. The van der Waals surface area contributed by atoms with Crippen molar-refractivity contribution in [3.63, 3.8) is 0 Å². The zero-order chi connectivity index (χ0) is 8.39. The SMILES string of the molecule is O=CS[s+]1cnc2ccccc21. The van der Waals surface area contributed by atoms with Crippen molar-refractivity contribution in [1.29, 1.82) is 0 Å². The Kier molecular flexibility index (Phi) is 2.10. The molecule has 0 saturated heterocycles. The lowest BCUT2D eigenvalue weighted by molar-refractivity contribution is 0.570. The van der Waals surface area contributed by atoms with E-state index < -0.39 is 0 Å². The first-order valence-electron chi connectivity index (χ1n) is 3.39. The van der Waals surface area contributed by atoms with Crippen LogP contribution in [0.3, 0.4) is 0 Å². The highest BCUT2D eigenvalue weighted by Gasteiger charge is 2.13. The van der Waals surface area contributed by atoms with Crippen LogP contribution in [0.15, 0.2) is 29.8 Å². The Morgan fingerprint density at radius 3 is 3.08 bits per heavy atom. The quantitative estimate of drug-likeness (QED) is 0.420. The molecule has 0 aliphatic heterocycles. The molecule has 0 aliphatic carbocycles. The van der Waals surface area contributed by atoms with Crippen molar-refractivity contribution >= 4 is 36.1 Å². The lowest BCUT2D eigenvalue weighted by atomic mass is 10.3. The number of aromatic nitrogens is 1. The average molecular weight is 196 g/mol. The van der Waals surface area contributed by atoms with Crippen LogP contribution >= 0.6 is 20.3 Å². The molecule has 0 N–H and O–H groups in total. The van der Waals surface area contributed by atoms with E-state index >= 15 is 0 Å². The molecule has 0 amide bonds. The van der Waals surface area contributed by atoms with Gasteiger partial charge in [-0.25, -0.2) is 0 Å². The monoisotopic (exact) mass is 196 g/mol. The molecule has 1 heterocycles. The maximum absolute atomic E-state index is 10.3. The minimum atomic E-state index is -0.145. The van der Waals surface area contributed by atoms with Gasteiger partial charge in [0, 0.05) is 6.07 Å². The van der Waals surface area contributed by atoms with Crippen molar-refractivity contribution in [3.05, 3.63) is 29.8 Å². The second-order valence-corrected chi connectivity index (χ2v) is 5.48. The summed E-state index contributed by atoms with van der Waals surface area (Å²) >= 11 is 0. The van der Waals surface area contributed by atoms with Gasteiger partial charge in [-0.05, 0) is 6.07 Å². The highest BCUT2D eigenvalue weighted by molar-refractivity contribution is 8.53. The van der Waals surface area contributed by atoms with Gasteiger partial charge in [0.25, 0.3) is 0 Å². The maximum atomic E-state index is 10.3. The predicted molar refractivity (Wildman–Crippen MR) is 54.0 cm³/mol. The summed E-state index contributed by atoms with van der Waals surface area (Å²) in [5.74, 6) is 0. The first-order valence-corrected chi connectivity index (χ1v) is 6.07. The lowest BCUT2D eigenvalue weighted by Gasteiger charge is -1.79. The van der Waals surface area contributed by atoms with Gasteiger partial charge in [-0.15, -0.1) is 0 Å². The Morgan fingerprint density at radius 1 is 1.42 bits per heavy atom. The van der Waals surface area contributed by atoms with Gasteiger partial charge in [-0.1, -0.05) is 12.1 Å². The number of fused-ring (bicyclic) bond motifs is 1. The molecule has 2 rings (SSSR count). The molecule has 1 aromatic heterocycles. The summed E-state index contributed by atoms with van der Waals surface area (Å²) in [6.45, 7) is 0. The summed E-state index contributed by atoms with van der Waals surface area (Å²) in [5.41, 5.74) is 3.70. The number of hydrogen-bond donors (Lipinski definition) is 0. The highest BCUT2D eigenvalue weighted by Crippen LogP contribution is 2.37. The fourth-order valence-corrected chi connectivity index (χ4v) is 3.38. The topological polar surface area (TPSA) is 30.0 Å². The van der Waals surface area contributed by atoms with Crippen molar-refractivity contribution in [3.8, 4) is 0 Å². The van der Waals surface area contributed by atoms with Crippen molar-refractivity contribution in [2.75, 3.05) is 0 Å². The molecule has 1 aromatic carbocycles. The van der Waals surface area contributed by atoms with E-state index in [1.807, 2.05) is 29.8 Å². The van der Waals surface area contributed by atoms with Gasteiger partial charge in [-0.3, -0.25) is 4.79 Å². The Labute approximate surface area is 76.0 Å². The largest absolute Gasteiger partial charge is 0.285 e. The summed E-state index contributed by atoms with van der Waals surface area (Å²) in [6, 6.07) is 7.90. The van der Waals surface area contributed by atoms with E-state index in [1.54, 1.807) is 0 Å². The lowest BCUT2D eigenvalue weighted by Crippen LogP contribution is -1.62. The number of carbonyl (C=O) groups is 1. The molecule has 0 bridgehead atoms. The second-order valence-electron chi connectivity index (χ2n) is 2.19. The Bertz CT molecular complexity index is 410. The molecule has 2 nitrogen and oxygen atoms in total. The van der Waals surface area contributed by atoms with E-state index in [9.17, 15) is 4.79 Å². The van der Waals surface area contributed by atoms with Crippen molar-refractivity contribution < 1.29 is 4.79 Å². The van der Waals surface area contributed by atoms with Gasteiger partial charge in [0.1, 0.15) is 5.52 Å². The van der Waals surface area contributed by atoms with Gasteiger partial charge in [0.15, 0.2) is 10.8 Å². The molecule has 0 spiro atoms. The molecule has 1 unspecified atom stereocenters. The van der Waals surface area contributed by atoms with E-state index in [4.69, 9.17) is 0 Å². The molecule has 0 radical (unpaired) electrons. The van der Waals surface area contributed by atoms with E-state index in [0.29, 0.717) is 0 Å². The van der Waals surface area contributed by atoms with Crippen LogP contribution in [0.1, 0.15) is 0 Å². The molecule has 12 heavy (non-hydrogen) atoms. The minimum absolute atomic E-state index is 0.145. The molecule has 60 valence electrons. The molecular weight excluding hydrogens is 190 g/mol. The van der Waals surface area contributed by atoms with Crippen molar-refractivity contribution in [2.24, 2.45) is 0 Å². The summed E-state index contributed by atoms with van der Waals surface area (Å²) in [5, 5.41) is 0. The number of nitrogens with zero attached hydrogens (tertiary/aromatic N) is 1. The number of para-hydroxylation sites is 1. The molecular formula is C8H6NOS2+. The smallest absolute Gasteiger partial charge is 0.244 e. The first kappa shape index (κ1) is 7.76. The van der Waals surface area contributed by atoms with Crippen LogP contribution in [0, 0.1) is 0 Å². The van der Waals surface area contributed by atoms with Crippen LogP contribution in [0.2, 0.25) is 0 Å². The van der Waals surface area contributed by atoms with E-state index in [1.165, 1.54) is 10.8 Å². The molecule has 0 saturated carbocycles. The van der Waals surface area contributed by atoms with Gasteiger partial charge < -0.3 is 0 Å². The first-order chi connectivity index (χ1) is 5.92. The highest BCUT2D eigenvalue weighted by atomic mass is 33.1. The Balaban J connectivity index is 2.62. The predicted octanol–water partition coefficient (Wildman–Crippen LogP) is 2.67. The zero-order valence-electron chi connectivity index (χ0n) is 6.14. The molecule has 2 aromatic rings. The minimum Gasteiger partial charge on any atom is -0.285 e. The van der Waals surface area contributed by atoms with Gasteiger partial charge in [0.05, 0.1) is 9.50 Å². The van der Waals surface area contributed by atoms with Crippen LogP contribution in [0.4, 0.5) is 0 Å². The summed E-state index contributed by atoms with van der Waals surface area (Å²) in [6.07, 6.45) is 0. The van der Waals surface area contributed by atoms with E-state index in [2.05, 4.69) is 4.98 Å². The van der Waals surface area contributed by atoms with Crippen LogP contribution in [-0.4, -0.2) is 10.6 Å². The number of rotatable bonds is 2. The standard InChI is InChI=1S/C8H6NOS2/c10-6-11-12-5-9-7-3-1-2-4-8(7)12/h1-6H/q+1. The van der Waals surface area contributed by atoms with Gasteiger partial charge >= 0.3 is 0 Å². The fraction of sp³-hybridized carbons (Fsp3) is 0. The average Bonchev–Trinajstić information content (AvgIpc) is 2.50. The number of carbonyl (C=O) groups excluding carboxylic acids is 1. The van der Waals surface area contributed by atoms with Crippen LogP contribution in [0.25, 0.3) is 10.2 Å². The molecule has 1 atom stereocenters. The third kappa shape index (κ3) is 1.23. The third-order valence-electron chi connectivity index (χ3n) is 1.51. The van der Waals surface area contributed by atoms with Crippen LogP contribution < -0.4 is 0 Å². The Hall–Kier alpha value is -0.870. The fourth-order valence-electron chi connectivity index (χ4n) is 1.01. The molecule has 4 heteroatoms. The van der Waals surface area contributed by atoms with Crippen molar-refractivity contribution in [2.45, 2.75) is 0 Å². The van der Waals surface area contributed by atoms with Crippen LogP contribution in [-0.2, 0) is 4.79 Å². The van der Waals surface area contributed by atoms with Crippen molar-refractivity contribution in [1.82, 2.24) is 4.98 Å². The second kappa shape index (κ2) is 3.25. The molecule has 0 fully saturated rings. The zero-order valence-corrected chi connectivity index (χ0v) is 7.77. The number of thiazole rings is 1. The normalized spacial score (nSPS) is 11.8. The van der Waals surface area contributed by atoms with Crippen LogP contribution in [0.5, 0.6) is 0 Å². The van der Waals surface area contributed by atoms with E-state index in [-0.39, 0.29) is 9.50 Å². The van der Waals surface area contributed by atoms with Gasteiger partial charge in [-0.2, -0.15) is 4.98 Å². The number of benzene rings is 1. The van der Waals surface area contributed by atoms with E-state index in [0.717, 1.165) is 15.8 Å². The summed E-state index contributed by atoms with van der Waals surface area (Å²) < 4.78 is 1.16. The maximum Gasteiger partial charge on any atom is 0.244 e. The van der Waals surface area contributed by atoms with Gasteiger partial charge in [0.2, 0.25) is 15.8 Å². The summed E-state index contributed by atoms with van der Waals surface area (Å²) in [7, 11) is 1.13. The number of hydrogen-bond acceptors (Lipinski definition) is 3.